The summed E-state index contributed by atoms with van der Waals surface area (Å²) >= 11 is 0. The number of nitrogens with one attached hydrogen (secondary N) is 2. The molecule has 2 aromatic heterocycles. The molecule has 1 aromatic carbocycles. The lowest BCUT2D eigenvalue weighted by Crippen LogP contribution is -2.32. The van der Waals surface area contributed by atoms with Gasteiger partial charge < -0.3 is 19.9 Å². The average Bonchev–Trinajstić information content (AvgIpc) is 3.39. The third kappa shape index (κ3) is 4.14. The zero-order valence-electron chi connectivity index (χ0n) is 16.0. The van der Waals surface area contributed by atoms with Crippen LogP contribution in [0.25, 0.3) is 10.9 Å². The predicted molar refractivity (Wildman–Crippen MR) is 108 cm³/mol. The Labute approximate surface area is 164 Å². The van der Waals surface area contributed by atoms with Crippen LogP contribution in [0.5, 0.6) is 0 Å². The molecule has 4 rings (SSSR count). The van der Waals surface area contributed by atoms with Gasteiger partial charge in [0.25, 0.3) is 0 Å². The van der Waals surface area contributed by atoms with Crippen molar-refractivity contribution >= 4 is 22.6 Å². The van der Waals surface area contributed by atoms with Crippen molar-refractivity contribution in [2.75, 3.05) is 38.7 Å². The molecule has 3 aromatic rings. The van der Waals surface area contributed by atoms with E-state index in [0.717, 1.165) is 47.6 Å². The van der Waals surface area contributed by atoms with E-state index in [1.165, 1.54) is 0 Å². The fourth-order valence-electron chi connectivity index (χ4n) is 3.51. The molecule has 7 heteroatoms. The number of benzene rings is 1. The molecule has 0 bridgehead atoms. The number of H-pyrrole nitrogens is 1. The van der Waals surface area contributed by atoms with Crippen LogP contribution in [0.1, 0.15) is 23.6 Å². The second-order valence-electron chi connectivity index (χ2n) is 7.17. The van der Waals surface area contributed by atoms with Gasteiger partial charge in [0.2, 0.25) is 5.91 Å². The standard InChI is InChI=1S/C21H25N5O2/c1-26(21(27)10-16-12-23-18-5-3-2-4-17(16)18)8-7-22-20-11-19(24-14-25-20)15-6-9-28-13-15/h2-5,11-12,14-15,23H,6-10,13H2,1H3,(H,22,24,25)/t15-/m0/s1. The van der Waals surface area contributed by atoms with Crippen LogP contribution >= 0.6 is 0 Å². The predicted octanol–water partition coefficient (Wildman–Crippen LogP) is 2.57. The van der Waals surface area contributed by atoms with Crippen molar-refractivity contribution in [2.24, 2.45) is 0 Å². The highest BCUT2D eigenvalue weighted by Gasteiger charge is 2.19. The van der Waals surface area contributed by atoms with Crippen LogP contribution in [0.4, 0.5) is 5.82 Å². The molecular weight excluding hydrogens is 354 g/mol. The minimum Gasteiger partial charge on any atom is -0.381 e. The third-order valence-electron chi connectivity index (χ3n) is 5.23. The molecule has 0 aliphatic carbocycles. The molecule has 1 aliphatic rings. The lowest BCUT2D eigenvalue weighted by Gasteiger charge is -2.18. The molecule has 28 heavy (non-hydrogen) atoms. The van der Waals surface area contributed by atoms with Gasteiger partial charge in [-0.05, 0) is 18.1 Å². The van der Waals surface area contributed by atoms with Crippen LogP contribution < -0.4 is 5.32 Å². The number of fused-ring (bicyclic) bond motifs is 1. The Morgan fingerprint density at radius 1 is 1.36 bits per heavy atom. The quantitative estimate of drug-likeness (QED) is 0.659. The maximum atomic E-state index is 12.6. The van der Waals surface area contributed by atoms with E-state index in [1.807, 2.05) is 43.6 Å². The summed E-state index contributed by atoms with van der Waals surface area (Å²) < 4.78 is 5.43. The number of aromatic nitrogens is 3. The van der Waals surface area contributed by atoms with E-state index >= 15 is 0 Å². The largest absolute Gasteiger partial charge is 0.381 e. The molecule has 0 saturated carbocycles. The number of rotatable bonds is 7. The van der Waals surface area contributed by atoms with Gasteiger partial charge in [-0.1, -0.05) is 18.2 Å². The normalized spacial score (nSPS) is 16.4. The molecule has 1 aliphatic heterocycles. The van der Waals surface area contributed by atoms with E-state index in [-0.39, 0.29) is 5.91 Å². The Hall–Kier alpha value is -2.93. The van der Waals surface area contributed by atoms with Gasteiger partial charge in [-0.2, -0.15) is 0 Å². The number of aromatic amines is 1. The van der Waals surface area contributed by atoms with Crippen molar-refractivity contribution in [3.05, 3.63) is 54.1 Å². The molecule has 0 spiro atoms. The highest BCUT2D eigenvalue weighted by molar-refractivity contribution is 5.88. The lowest BCUT2D eigenvalue weighted by molar-refractivity contribution is -0.129. The number of hydrogen-bond donors (Lipinski definition) is 2. The highest BCUT2D eigenvalue weighted by Crippen LogP contribution is 2.24. The van der Waals surface area contributed by atoms with Crippen LogP contribution in [0, 0.1) is 0 Å². The number of amides is 1. The molecule has 7 nitrogen and oxygen atoms in total. The third-order valence-corrected chi connectivity index (χ3v) is 5.23. The number of carbonyl (C=O) groups excluding carboxylic acids is 1. The maximum Gasteiger partial charge on any atom is 0.226 e. The Morgan fingerprint density at radius 3 is 3.11 bits per heavy atom. The minimum atomic E-state index is 0.0954. The molecule has 1 saturated heterocycles. The van der Waals surface area contributed by atoms with Crippen LogP contribution in [0.15, 0.2) is 42.9 Å². The molecule has 1 amide bonds. The Kier molecular flexibility index (Phi) is 5.53. The zero-order chi connectivity index (χ0) is 19.3. The highest BCUT2D eigenvalue weighted by atomic mass is 16.5. The summed E-state index contributed by atoms with van der Waals surface area (Å²) in [5.74, 6) is 1.23. The van der Waals surface area contributed by atoms with E-state index in [2.05, 4.69) is 20.3 Å². The number of para-hydroxylation sites is 1. The lowest BCUT2D eigenvalue weighted by atomic mass is 10.1. The first-order chi connectivity index (χ1) is 13.7. The van der Waals surface area contributed by atoms with Gasteiger partial charge in [-0.15, -0.1) is 0 Å². The van der Waals surface area contributed by atoms with Crippen LogP contribution in [-0.4, -0.2) is 59.1 Å². The Morgan fingerprint density at radius 2 is 2.25 bits per heavy atom. The Balaban J connectivity index is 1.29. The molecule has 1 fully saturated rings. The van der Waals surface area contributed by atoms with Gasteiger partial charge in [-0.3, -0.25) is 4.79 Å². The molecule has 1 atom stereocenters. The van der Waals surface area contributed by atoms with Crippen molar-refractivity contribution < 1.29 is 9.53 Å². The van der Waals surface area contributed by atoms with Gasteiger partial charge in [0.05, 0.1) is 18.7 Å². The number of carbonyl (C=O) groups is 1. The van der Waals surface area contributed by atoms with Crippen molar-refractivity contribution in [3.63, 3.8) is 0 Å². The van der Waals surface area contributed by atoms with Crippen molar-refractivity contribution in [3.8, 4) is 0 Å². The van der Waals surface area contributed by atoms with E-state index in [1.54, 1.807) is 11.2 Å². The van der Waals surface area contributed by atoms with Gasteiger partial charge in [-0.25, -0.2) is 9.97 Å². The fourth-order valence-corrected chi connectivity index (χ4v) is 3.51. The summed E-state index contributed by atoms with van der Waals surface area (Å²) in [7, 11) is 1.83. The van der Waals surface area contributed by atoms with Gasteiger partial charge in [0, 0.05) is 55.8 Å². The number of hydrogen-bond acceptors (Lipinski definition) is 5. The first-order valence-corrected chi connectivity index (χ1v) is 9.63. The van der Waals surface area contributed by atoms with E-state index < -0.39 is 0 Å². The SMILES string of the molecule is CN(CCNc1cc([C@H]2CCOC2)ncn1)C(=O)Cc1c[nH]c2ccccc12. The van der Waals surface area contributed by atoms with Gasteiger partial charge in [0.15, 0.2) is 0 Å². The summed E-state index contributed by atoms with van der Waals surface area (Å²) in [6, 6.07) is 10.0. The van der Waals surface area contributed by atoms with E-state index in [4.69, 9.17) is 4.74 Å². The molecular formula is C21H25N5O2. The van der Waals surface area contributed by atoms with Crippen molar-refractivity contribution in [1.29, 1.82) is 0 Å². The van der Waals surface area contributed by atoms with Crippen molar-refractivity contribution in [2.45, 2.75) is 18.8 Å². The molecule has 0 radical (unpaired) electrons. The topological polar surface area (TPSA) is 83.1 Å². The smallest absolute Gasteiger partial charge is 0.226 e. The minimum absolute atomic E-state index is 0.0954. The van der Waals surface area contributed by atoms with E-state index in [9.17, 15) is 4.79 Å². The van der Waals surface area contributed by atoms with Crippen molar-refractivity contribution in [1.82, 2.24) is 19.9 Å². The number of nitrogens with zero attached hydrogens (tertiary/aromatic N) is 3. The fraction of sp³-hybridized carbons (Fsp3) is 0.381. The van der Waals surface area contributed by atoms with Gasteiger partial charge >= 0.3 is 0 Å². The molecule has 0 unspecified atom stereocenters. The monoisotopic (exact) mass is 379 g/mol. The van der Waals surface area contributed by atoms with Crippen LogP contribution in [0.3, 0.4) is 0 Å². The second kappa shape index (κ2) is 8.39. The first kappa shape index (κ1) is 18.4. The molecule has 146 valence electrons. The van der Waals surface area contributed by atoms with Crippen LogP contribution in [-0.2, 0) is 16.0 Å². The number of ether oxygens (including phenoxy) is 1. The maximum absolute atomic E-state index is 12.6. The summed E-state index contributed by atoms with van der Waals surface area (Å²) in [5, 5.41) is 4.39. The summed E-state index contributed by atoms with van der Waals surface area (Å²) in [6.45, 7) is 2.75. The molecule has 2 N–H and O–H groups in total. The average molecular weight is 379 g/mol. The second-order valence-corrected chi connectivity index (χ2v) is 7.17. The first-order valence-electron chi connectivity index (χ1n) is 9.63. The zero-order valence-corrected chi connectivity index (χ0v) is 16.0. The summed E-state index contributed by atoms with van der Waals surface area (Å²) in [5.41, 5.74) is 3.10. The number of likely N-dealkylation sites (N-methyl/N-ethyl adjacent to an activating group) is 1. The van der Waals surface area contributed by atoms with E-state index in [0.29, 0.717) is 25.4 Å². The van der Waals surface area contributed by atoms with Gasteiger partial charge in [0.1, 0.15) is 12.1 Å². The summed E-state index contributed by atoms with van der Waals surface area (Å²) in [4.78, 5) is 26.2. The Bertz CT molecular complexity index is 949. The van der Waals surface area contributed by atoms with Crippen LogP contribution in [0.2, 0.25) is 0 Å². The molecule has 3 heterocycles. The summed E-state index contributed by atoms with van der Waals surface area (Å²) in [6.07, 6.45) is 4.90. The number of anilines is 1.